The quantitative estimate of drug-likeness (QED) is 0.732. The zero-order chi connectivity index (χ0) is 15.1. The maximum Gasteiger partial charge on any atom is 0.0681 e. The molecule has 0 unspecified atom stereocenters. The molecule has 4 aliphatic carbocycles. The van der Waals surface area contributed by atoms with Gasteiger partial charge < -0.3 is 9.84 Å². The molecule has 0 bridgehead atoms. The molecule has 0 radical (unpaired) electrons. The van der Waals surface area contributed by atoms with Crippen molar-refractivity contribution in [3.05, 3.63) is 0 Å². The maximum atomic E-state index is 10.1. The van der Waals surface area contributed by atoms with Gasteiger partial charge in [-0.25, -0.2) is 0 Å². The maximum absolute atomic E-state index is 10.1. The molecule has 4 saturated carbocycles. The van der Waals surface area contributed by atoms with E-state index in [0.29, 0.717) is 16.9 Å². The van der Waals surface area contributed by atoms with Crippen LogP contribution in [0.2, 0.25) is 0 Å². The van der Waals surface area contributed by atoms with Crippen molar-refractivity contribution in [3.63, 3.8) is 0 Å². The summed E-state index contributed by atoms with van der Waals surface area (Å²) in [6.07, 6.45) is 11.0. The van der Waals surface area contributed by atoms with E-state index in [-0.39, 0.29) is 6.10 Å². The smallest absolute Gasteiger partial charge is 0.0681 e. The molecule has 1 saturated heterocycles. The molecule has 22 heavy (non-hydrogen) atoms. The average molecular weight is 304 g/mol. The molecule has 1 N–H and O–H groups in total. The predicted molar refractivity (Wildman–Crippen MR) is 86.3 cm³/mol. The lowest BCUT2D eigenvalue weighted by Gasteiger charge is -2.61. The van der Waals surface area contributed by atoms with Crippen LogP contribution in [0.4, 0.5) is 0 Å². The van der Waals surface area contributed by atoms with E-state index >= 15 is 0 Å². The van der Waals surface area contributed by atoms with Crippen LogP contribution in [-0.4, -0.2) is 23.9 Å². The van der Waals surface area contributed by atoms with E-state index in [4.69, 9.17) is 4.74 Å². The Morgan fingerprint density at radius 2 is 1.73 bits per heavy atom. The fourth-order valence-corrected chi connectivity index (χ4v) is 7.96. The van der Waals surface area contributed by atoms with Crippen molar-refractivity contribution in [2.45, 2.75) is 77.4 Å². The third kappa shape index (κ3) is 1.64. The van der Waals surface area contributed by atoms with E-state index in [2.05, 4.69) is 13.8 Å². The van der Waals surface area contributed by atoms with E-state index in [1.807, 2.05) is 0 Å². The number of hydrogen-bond acceptors (Lipinski definition) is 2. The Morgan fingerprint density at radius 3 is 2.50 bits per heavy atom. The van der Waals surface area contributed by atoms with Crippen LogP contribution in [0.25, 0.3) is 0 Å². The van der Waals surface area contributed by atoms with Gasteiger partial charge in [-0.15, -0.1) is 0 Å². The number of aliphatic hydroxyl groups excluding tert-OH is 1. The number of rotatable bonds is 0. The minimum absolute atomic E-state index is 0.0146. The summed E-state index contributed by atoms with van der Waals surface area (Å²) in [6.45, 7) is 6.18. The summed E-state index contributed by atoms with van der Waals surface area (Å²) in [4.78, 5) is 0. The average Bonchev–Trinajstić information content (AvgIpc) is 2.65. The van der Waals surface area contributed by atoms with Gasteiger partial charge in [0.15, 0.2) is 0 Å². The second-order valence-corrected chi connectivity index (χ2v) is 9.88. The summed E-state index contributed by atoms with van der Waals surface area (Å²) in [5.41, 5.74) is 1.01. The van der Waals surface area contributed by atoms with E-state index in [9.17, 15) is 5.11 Å². The molecule has 0 spiro atoms. The van der Waals surface area contributed by atoms with Crippen LogP contribution in [0.1, 0.15) is 65.2 Å². The van der Waals surface area contributed by atoms with Crippen LogP contribution < -0.4 is 0 Å². The fraction of sp³-hybridized carbons (Fsp3) is 1.00. The largest absolute Gasteiger partial charge is 0.393 e. The lowest BCUT2D eigenvalue weighted by Crippen LogP contribution is -2.55. The van der Waals surface area contributed by atoms with Gasteiger partial charge in [0.2, 0.25) is 0 Å². The van der Waals surface area contributed by atoms with E-state index in [1.165, 1.54) is 38.5 Å². The Bertz CT molecular complexity index is 476. The van der Waals surface area contributed by atoms with Gasteiger partial charge in [0.1, 0.15) is 0 Å². The molecule has 1 aliphatic heterocycles. The SMILES string of the molecule is C[C@]12CC[C@H](O)C[C@@H]1CC[C@@H]1[C@@H]2CC[C@@]2(C)[C@H]1C[C@@H]1CO[C@@H]12. The molecule has 124 valence electrons. The van der Waals surface area contributed by atoms with Crippen molar-refractivity contribution in [2.75, 3.05) is 6.61 Å². The summed E-state index contributed by atoms with van der Waals surface area (Å²) >= 11 is 0. The molecular formula is C20H32O2. The predicted octanol–water partition coefficient (Wildman–Crippen LogP) is 4.01. The first-order chi connectivity index (χ1) is 10.5. The van der Waals surface area contributed by atoms with Crippen LogP contribution >= 0.6 is 0 Å². The third-order valence-corrected chi connectivity index (χ3v) is 9.20. The summed E-state index contributed by atoms with van der Waals surface area (Å²) in [7, 11) is 0. The van der Waals surface area contributed by atoms with Crippen LogP contribution in [0, 0.1) is 40.4 Å². The first kappa shape index (κ1) is 14.3. The van der Waals surface area contributed by atoms with E-state index < -0.39 is 0 Å². The molecule has 0 aromatic rings. The monoisotopic (exact) mass is 304 g/mol. The molecule has 2 nitrogen and oxygen atoms in total. The van der Waals surface area contributed by atoms with Crippen LogP contribution in [0.5, 0.6) is 0 Å². The molecule has 5 rings (SSSR count). The van der Waals surface area contributed by atoms with Gasteiger partial charge in [-0.1, -0.05) is 13.8 Å². The van der Waals surface area contributed by atoms with Crippen molar-refractivity contribution in [2.24, 2.45) is 40.4 Å². The van der Waals surface area contributed by atoms with Gasteiger partial charge in [-0.2, -0.15) is 0 Å². The summed E-state index contributed by atoms with van der Waals surface area (Å²) in [5.74, 6) is 4.47. The molecule has 0 amide bonds. The van der Waals surface area contributed by atoms with Gasteiger partial charge >= 0.3 is 0 Å². The van der Waals surface area contributed by atoms with Crippen molar-refractivity contribution < 1.29 is 9.84 Å². The Labute approximate surface area is 135 Å². The standard InChI is InChI=1S/C20H32O2/c1-19-7-5-14(21)10-13(19)3-4-15-16(19)6-8-20(2)17(15)9-12-11-22-18(12)20/h12-18,21H,3-11H2,1-2H3/t12-,13+,14+,15-,16+,17+,18+,19+,20+/m1/s1. The van der Waals surface area contributed by atoms with Crippen molar-refractivity contribution in [1.29, 1.82) is 0 Å². The zero-order valence-corrected chi connectivity index (χ0v) is 14.3. The van der Waals surface area contributed by atoms with Gasteiger partial charge in [0.25, 0.3) is 0 Å². The Kier molecular flexibility index (Phi) is 2.92. The molecule has 0 aromatic heterocycles. The highest BCUT2D eigenvalue weighted by atomic mass is 16.5. The second kappa shape index (κ2) is 4.51. The third-order valence-electron chi connectivity index (χ3n) is 9.20. The van der Waals surface area contributed by atoms with Gasteiger partial charge in [-0.05, 0) is 85.9 Å². The highest BCUT2D eigenvalue weighted by Crippen LogP contribution is 2.68. The molecule has 5 fully saturated rings. The molecular weight excluding hydrogens is 272 g/mol. The van der Waals surface area contributed by atoms with Crippen molar-refractivity contribution in [3.8, 4) is 0 Å². The molecule has 0 aromatic carbocycles. The first-order valence-corrected chi connectivity index (χ1v) is 9.82. The number of ether oxygens (including phenoxy) is 1. The number of fused-ring (bicyclic) bond motifs is 7. The minimum atomic E-state index is -0.0146. The Balaban J connectivity index is 1.45. The molecule has 2 heteroatoms. The van der Waals surface area contributed by atoms with Crippen LogP contribution in [-0.2, 0) is 4.74 Å². The Hall–Kier alpha value is -0.0800. The first-order valence-electron chi connectivity index (χ1n) is 9.82. The van der Waals surface area contributed by atoms with E-state index in [0.717, 1.165) is 49.0 Å². The van der Waals surface area contributed by atoms with Crippen molar-refractivity contribution in [1.82, 2.24) is 0 Å². The highest BCUT2D eigenvalue weighted by molar-refractivity contribution is 5.13. The fourth-order valence-electron chi connectivity index (χ4n) is 7.96. The zero-order valence-electron chi connectivity index (χ0n) is 14.3. The molecule has 1 heterocycles. The normalized spacial score (nSPS) is 63.1. The summed E-state index contributed by atoms with van der Waals surface area (Å²) in [5, 5.41) is 10.1. The molecule has 9 atom stereocenters. The van der Waals surface area contributed by atoms with Gasteiger partial charge in [0.05, 0.1) is 18.8 Å². The summed E-state index contributed by atoms with van der Waals surface area (Å²) in [6, 6.07) is 0. The topological polar surface area (TPSA) is 29.5 Å². The lowest BCUT2D eigenvalue weighted by atomic mass is 9.45. The number of aliphatic hydroxyl groups is 1. The second-order valence-electron chi connectivity index (χ2n) is 9.88. The van der Waals surface area contributed by atoms with Crippen molar-refractivity contribution >= 4 is 0 Å². The van der Waals surface area contributed by atoms with Gasteiger partial charge in [0, 0.05) is 5.92 Å². The van der Waals surface area contributed by atoms with Crippen LogP contribution in [0.3, 0.4) is 0 Å². The molecule has 5 aliphatic rings. The minimum Gasteiger partial charge on any atom is -0.393 e. The van der Waals surface area contributed by atoms with E-state index in [1.54, 1.807) is 0 Å². The summed E-state index contributed by atoms with van der Waals surface area (Å²) < 4.78 is 6.02. The van der Waals surface area contributed by atoms with Gasteiger partial charge in [-0.3, -0.25) is 0 Å². The number of hydrogen-bond donors (Lipinski definition) is 1. The Morgan fingerprint density at radius 1 is 0.909 bits per heavy atom. The highest BCUT2D eigenvalue weighted by Gasteiger charge is 2.64. The lowest BCUT2D eigenvalue weighted by molar-refractivity contribution is -0.174. The van der Waals surface area contributed by atoms with Crippen LogP contribution in [0.15, 0.2) is 0 Å².